The van der Waals surface area contributed by atoms with Crippen molar-refractivity contribution in [3.05, 3.63) is 41.2 Å². The third-order valence-corrected chi connectivity index (χ3v) is 3.89. The van der Waals surface area contributed by atoms with Gasteiger partial charge in [0.25, 0.3) is 15.9 Å². The SMILES string of the molecule is Cc1[nH]nc(C(N)=O)c1NS(=O)(=O)c1cc(F)cc(F)c1. The standard InChI is InChI=1S/C11H10F2N4O3S/c1-5-9(10(11(14)18)16-15-5)17-21(19,20)8-3-6(12)2-7(13)4-8/h2-4,17H,1H3,(H2,14,18)(H,15,16). The summed E-state index contributed by atoms with van der Waals surface area (Å²) in [5, 5.41) is 5.94. The summed E-state index contributed by atoms with van der Waals surface area (Å²) in [5.74, 6) is -3.05. The predicted molar refractivity (Wildman–Crippen MR) is 69.0 cm³/mol. The van der Waals surface area contributed by atoms with Crippen LogP contribution in [0.5, 0.6) is 0 Å². The molecule has 1 aromatic heterocycles. The molecule has 4 N–H and O–H groups in total. The van der Waals surface area contributed by atoms with Crippen molar-refractivity contribution in [3.63, 3.8) is 0 Å². The second kappa shape index (κ2) is 5.13. The molecular formula is C11H10F2N4O3S. The van der Waals surface area contributed by atoms with Crippen LogP contribution in [0.3, 0.4) is 0 Å². The van der Waals surface area contributed by atoms with Gasteiger partial charge in [0, 0.05) is 6.07 Å². The van der Waals surface area contributed by atoms with E-state index in [1.165, 1.54) is 6.92 Å². The fourth-order valence-electron chi connectivity index (χ4n) is 1.61. The molecule has 112 valence electrons. The lowest BCUT2D eigenvalue weighted by Gasteiger charge is -2.08. The van der Waals surface area contributed by atoms with E-state index in [9.17, 15) is 22.0 Å². The van der Waals surface area contributed by atoms with Crippen molar-refractivity contribution in [1.82, 2.24) is 10.2 Å². The van der Waals surface area contributed by atoms with Gasteiger partial charge in [-0.3, -0.25) is 14.6 Å². The second-order valence-electron chi connectivity index (χ2n) is 4.15. The lowest BCUT2D eigenvalue weighted by molar-refractivity contribution is 0.0996. The number of halogens is 2. The highest BCUT2D eigenvalue weighted by molar-refractivity contribution is 7.92. The zero-order valence-corrected chi connectivity index (χ0v) is 11.5. The number of hydrogen-bond acceptors (Lipinski definition) is 4. The molecular weight excluding hydrogens is 306 g/mol. The Hall–Kier alpha value is -2.49. The van der Waals surface area contributed by atoms with Crippen LogP contribution in [0.2, 0.25) is 0 Å². The van der Waals surface area contributed by atoms with Gasteiger partial charge in [0.1, 0.15) is 17.3 Å². The molecule has 0 fully saturated rings. The number of nitrogens with zero attached hydrogens (tertiary/aromatic N) is 1. The molecule has 0 aliphatic heterocycles. The van der Waals surface area contributed by atoms with Gasteiger partial charge in [0.2, 0.25) is 0 Å². The molecule has 0 radical (unpaired) electrons. The van der Waals surface area contributed by atoms with Crippen LogP contribution < -0.4 is 10.5 Å². The number of carbonyl (C=O) groups excluding carboxylic acids is 1. The van der Waals surface area contributed by atoms with Gasteiger partial charge in [0.05, 0.1) is 10.6 Å². The maximum atomic E-state index is 13.1. The topological polar surface area (TPSA) is 118 Å². The van der Waals surface area contributed by atoms with E-state index in [1.54, 1.807) is 0 Å². The highest BCUT2D eigenvalue weighted by Crippen LogP contribution is 2.22. The summed E-state index contributed by atoms with van der Waals surface area (Å²) < 4.78 is 52.4. The molecule has 0 spiro atoms. The van der Waals surface area contributed by atoms with Crippen LogP contribution >= 0.6 is 0 Å². The number of anilines is 1. The van der Waals surface area contributed by atoms with Gasteiger partial charge >= 0.3 is 0 Å². The van der Waals surface area contributed by atoms with Crippen LogP contribution in [0.25, 0.3) is 0 Å². The van der Waals surface area contributed by atoms with Crippen LogP contribution in [0.1, 0.15) is 16.2 Å². The zero-order chi connectivity index (χ0) is 15.8. The first kappa shape index (κ1) is 14.9. The van der Waals surface area contributed by atoms with Crippen molar-refractivity contribution in [1.29, 1.82) is 0 Å². The number of primary amides is 1. The fourth-order valence-corrected chi connectivity index (χ4v) is 2.78. The maximum absolute atomic E-state index is 13.1. The zero-order valence-electron chi connectivity index (χ0n) is 10.6. The van der Waals surface area contributed by atoms with Gasteiger partial charge < -0.3 is 5.73 Å². The van der Waals surface area contributed by atoms with Crippen LogP contribution in [0.15, 0.2) is 23.1 Å². The summed E-state index contributed by atoms with van der Waals surface area (Å²) in [4.78, 5) is 10.5. The van der Waals surface area contributed by atoms with Gasteiger partial charge in [0.15, 0.2) is 5.69 Å². The van der Waals surface area contributed by atoms with E-state index in [0.717, 1.165) is 0 Å². The minimum Gasteiger partial charge on any atom is -0.364 e. The van der Waals surface area contributed by atoms with Gasteiger partial charge in [-0.15, -0.1) is 0 Å². The van der Waals surface area contributed by atoms with Crippen LogP contribution in [-0.4, -0.2) is 24.5 Å². The summed E-state index contributed by atoms with van der Waals surface area (Å²) in [6.45, 7) is 1.45. The second-order valence-corrected chi connectivity index (χ2v) is 5.83. The largest absolute Gasteiger partial charge is 0.364 e. The Morgan fingerprint density at radius 2 is 1.86 bits per heavy atom. The van der Waals surface area contributed by atoms with Crippen molar-refractivity contribution in [2.75, 3.05) is 4.72 Å². The molecule has 0 saturated heterocycles. The molecule has 0 saturated carbocycles. The van der Waals surface area contributed by atoms with Crippen molar-refractivity contribution in [2.24, 2.45) is 5.73 Å². The van der Waals surface area contributed by atoms with Crippen molar-refractivity contribution < 1.29 is 22.0 Å². The molecule has 0 aliphatic carbocycles. The predicted octanol–water partition coefficient (Wildman–Crippen LogP) is 0.896. The normalized spacial score (nSPS) is 11.4. The smallest absolute Gasteiger partial charge is 0.271 e. The highest BCUT2D eigenvalue weighted by Gasteiger charge is 2.23. The number of amides is 1. The van der Waals surface area contributed by atoms with E-state index >= 15 is 0 Å². The molecule has 2 rings (SSSR count). The van der Waals surface area contributed by atoms with Gasteiger partial charge in [-0.1, -0.05) is 0 Å². The van der Waals surface area contributed by atoms with Gasteiger partial charge in [-0.2, -0.15) is 5.10 Å². The summed E-state index contributed by atoms with van der Waals surface area (Å²) in [5.41, 5.74) is 4.78. The minimum absolute atomic E-state index is 0.174. The lowest BCUT2D eigenvalue weighted by atomic mass is 10.3. The van der Waals surface area contributed by atoms with Gasteiger partial charge in [-0.05, 0) is 19.1 Å². The van der Waals surface area contributed by atoms with Crippen LogP contribution in [0, 0.1) is 18.6 Å². The van der Waals surface area contributed by atoms with E-state index in [4.69, 9.17) is 5.73 Å². The Labute approximate surface area is 118 Å². The fraction of sp³-hybridized carbons (Fsp3) is 0.0909. The van der Waals surface area contributed by atoms with E-state index in [2.05, 4.69) is 10.2 Å². The maximum Gasteiger partial charge on any atom is 0.271 e. The number of aryl methyl sites for hydroxylation is 1. The van der Waals surface area contributed by atoms with E-state index < -0.39 is 32.5 Å². The number of hydrogen-bond donors (Lipinski definition) is 3. The van der Waals surface area contributed by atoms with Gasteiger partial charge in [-0.25, -0.2) is 17.2 Å². The summed E-state index contributed by atoms with van der Waals surface area (Å²) in [7, 11) is -4.30. The summed E-state index contributed by atoms with van der Waals surface area (Å²) >= 11 is 0. The van der Waals surface area contributed by atoms with Crippen molar-refractivity contribution >= 4 is 21.6 Å². The number of H-pyrrole nitrogens is 1. The lowest BCUT2D eigenvalue weighted by Crippen LogP contribution is -2.19. The minimum atomic E-state index is -4.30. The number of sulfonamides is 1. The molecule has 2 aromatic rings. The van der Waals surface area contributed by atoms with Crippen molar-refractivity contribution in [3.8, 4) is 0 Å². The molecule has 1 aromatic carbocycles. The Morgan fingerprint density at radius 3 is 2.38 bits per heavy atom. The number of nitrogens with one attached hydrogen (secondary N) is 2. The number of nitrogens with two attached hydrogens (primary N) is 1. The molecule has 0 bridgehead atoms. The quantitative estimate of drug-likeness (QED) is 0.776. The molecule has 7 nitrogen and oxygen atoms in total. The number of benzene rings is 1. The van der Waals surface area contributed by atoms with E-state index in [0.29, 0.717) is 18.2 Å². The highest BCUT2D eigenvalue weighted by atomic mass is 32.2. The first-order chi connectivity index (χ1) is 9.70. The molecule has 1 heterocycles. The Balaban J connectivity index is 2.47. The monoisotopic (exact) mass is 316 g/mol. The molecule has 0 atom stereocenters. The molecule has 10 heteroatoms. The molecule has 0 aliphatic rings. The number of carbonyl (C=O) groups is 1. The number of aromatic nitrogens is 2. The molecule has 0 unspecified atom stereocenters. The summed E-state index contributed by atoms with van der Waals surface area (Å²) in [6.07, 6.45) is 0. The average molecular weight is 316 g/mol. The van der Waals surface area contributed by atoms with E-state index in [1.807, 2.05) is 4.72 Å². The third-order valence-electron chi connectivity index (χ3n) is 2.56. The first-order valence-electron chi connectivity index (χ1n) is 5.54. The Kier molecular flexibility index (Phi) is 3.64. The summed E-state index contributed by atoms with van der Waals surface area (Å²) in [6, 6.07) is 1.83. The first-order valence-corrected chi connectivity index (χ1v) is 7.02. The molecule has 21 heavy (non-hydrogen) atoms. The third kappa shape index (κ3) is 2.99. The Bertz CT molecular complexity index is 797. The van der Waals surface area contributed by atoms with Crippen LogP contribution in [-0.2, 0) is 10.0 Å². The van der Waals surface area contributed by atoms with Crippen LogP contribution in [0.4, 0.5) is 14.5 Å². The van der Waals surface area contributed by atoms with Crippen molar-refractivity contribution in [2.45, 2.75) is 11.8 Å². The Morgan fingerprint density at radius 1 is 1.29 bits per heavy atom. The number of aromatic amines is 1. The molecule has 1 amide bonds. The average Bonchev–Trinajstić information content (AvgIpc) is 2.69. The number of rotatable bonds is 4. The van der Waals surface area contributed by atoms with E-state index in [-0.39, 0.29) is 17.1 Å².